The van der Waals surface area contributed by atoms with E-state index >= 15 is 0 Å². The molecule has 0 fully saturated rings. The molecule has 0 aliphatic carbocycles. The lowest BCUT2D eigenvalue weighted by atomic mass is 9.76. The minimum Gasteiger partial charge on any atom is -0.463 e. The number of carbonyl (C=O) groups is 1. The van der Waals surface area contributed by atoms with Crippen LogP contribution >= 0.6 is 0 Å². The molecule has 162 valence electrons. The van der Waals surface area contributed by atoms with Crippen molar-refractivity contribution in [3.05, 3.63) is 69.8 Å². The molecule has 2 aliphatic rings. The number of amides is 1. The molecule has 2 aliphatic heterocycles. The molecular formula is C24H27N3O4. The van der Waals surface area contributed by atoms with Crippen molar-refractivity contribution in [3.63, 3.8) is 0 Å². The molecule has 31 heavy (non-hydrogen) atoms. The number of benzene rings is 2. The molecule has 1 N–H and O–H groups in total. The summed E-state index contributed by atoms with van der Waals surface area (Å²) in [6, 6.07) is 12.8. The fraction of sp³-hybridized carbons (Fsp3) is 0.375. The maximum atomic E-state index is 12.3. The summed E-state index contributed by atoms with van der Waals surface area (Å²) in [5, 5.41) is 14.1. The van der Waals surface area contributed by atoms with Crippen LogP contribution < -0.4 is 15.0 Å². The van der Waals surface area contributed by atoms with Gasteiger partial charge in [0.2, 0.25) is 11.6 Å². The van der Waals surface area contributed by atoms with Gasteiger partial charge < -0.3 is 15.0 Å². The molecule has 2 aromatic carbocycles. The SMILES string of the molecule is CCCNC(=O)CCN1c2ccccc2C(C)(C)C12C=Cc1cc([N+](=O)[O-])ccc1O2. The molecule has 0 aromatic heterocycles. The van der Waals surface area contributed by atoms with E-state index in [1.54, 1.807) is 6.07 Å². The van der Waals surface area contributed by atoms with Gasteiger partial charge >= 0.3 is 0 Å². The summed E-state index contributed by atoms with van der Waals surface area (Å²) in [7, 11) is 0. The number of nitrogens with zero attached hydrogens (tertiary/aromatic N) is 2. The van der Waals surface area contributed by atoms with Gasteiger partial charge in [-0.25, -0.2) is 0 Å². The smallest absolute Gasteiger partial charge is 0.270 e. The number of nitro benzene ring substituents is 1. The summed E-state index contributed by atoms with van der Waals surface area (Å²) < 4.78 is 6.62. The van der Waals surface area contributed by atoms with Crippen molar-refractivity contribution in [2.75, 3.05) is 18.0 Å². The van der Waals surface area contributed by atoms with Crippen LogP contribution in [0.15, 0.2) is 48.5 Å². The minimum atomic E-state index is -0.842. The average Bonchev–Trinajstić information content (AvgIpc) is 2.94. The van der Waals surface area contributed by atoms with Crippen molar-refractivity contribution in [3.8, 4) is 5.75 Å². The van der Waals surface area contributed by atoms with E-state index in [9.17, 15) is 14.9 Å². The third-order valence-electron chi connectivity index (χ3n) is 6.26. The molecule has 7 nitrogen and oxygen atoms in total. The van der Waals surface area contributed by atoms with Gasteiger partial charge in [0.15, 0.2) is 0 Å². The van der Waals surface area contributed by atoms with E-state index in [2.05, 4.69) is 36.2 Å². The second-order valence-corrected chi connectivity index (χ2v) is 8.50. The molecule has 0 radical (unpaired) electrons. The highest BCUT2D eigenvalue weighted by Crippen LogP contribution is 2.55. The monoisotopic (exact) mass is 421 g/mol. The van der Waals surface area contributed by atoms with E-state index in [1.807, 2.05) is 31.2 Å². The number of hydrogen-bond donors (Lipinski definition) is 1. The average molecular weight is 421 g/mol. The van der Waals surface area contributed by atoms with Crippen LogP contribution in [-0.4, -0.2) is 29.6 Å². The van der Waals surface area contributed by atoms with Gasteiger partial charge in [-0.05, 0) is 50.1 Å². The van der Waals surface area contributed by atoms with E-state index in [4.69, 9.17) is 4.74 Å². The van der Waals surface area contributed by atoms with Crippen LogP contribution in [0, 0.1) is 10.1 Å². The van der Waals surface area contributed by atoms with E-state index in [0.717, 1.165) is 17.7 Å². The molecular weight excluding hydrogens is 394 g/mol. The molecule has 2 aromatic rings. The predicted molar refractivity (Wildman–Crippen MR) is 120 cm³/mol. The Labute approximate surface area is 181 Å². The Kier molecular flexibility index (Phi) is 5.21. The Hall–Kier alpha value is -3.35. The highest BCUT2D eigenvalue weighted by atomic mass is 16.6. The highest BCUT2D eigenvalue weighted by molar-refractivity contribution is 5.78. The van der Waals surface area contributed by atoms with Crippen molar-refractivity contribution >= 4 is 23.4 Å². The van der Waals surface area contributed by atoms with Crippen molar-refractivity contribution in [2.45, 2.75) is 44.8 Å². The highest BCUT2D eigenvalue weighted by Gasteiger charge is 2.58. The molecule has 1 amide bonds. The van der Waals surface area contributed by atoms with Crippen molar-refractivity contribution in [1.82, 2.24) is 5.32 Å². The van der Waals surface area contributed by atoms with Crippen LogP contribution in [0.25, 0.3) is 6.08 Å². The van der Waals surface area contributed by atoms with Crippen LogP contribution in [0.2, 0.25) is 0 Å². The Morgan fingerprint density at radius 2 is 2.00 bits per heavy atom. The van der Waals surface area contributed by atoms with Crippen LogP contribution in [-0.2, 0) is 10.2 Å². The first kappa shape index (κ1) is 20.9. The maximum absolute atomic E-state index is 12.3. The van der Waals surface area contributed by atoms with Gasteiger partial charge in [0, 0.05) is 42.9 Å². The number of ether oxygens (including phenoxy) is 1. The molecule has 1 atom stereocenters. The second-order valence-electron chi connectivity index (χ2n) is 8.50. The lowest BCUT2D eigenvalue weighted by Crippen LogP contribution is -2.60. The number of hydrogen-bond acceptors (Lipinski definition) is 5. The van der Waals surface area contributed by atoms with E-state index in [-0.39, 0.29) is 11.6 Å². The molecule has 7 heteroatoms. The third kappa shape index (κ3) is 3.34. The first-order valence-corrected chi connectivity index (χ1v) is 10.6. The van der Waals surface area contributed by atoms with E-state index in [1.165, 1.54) is 12.1 Å². The van der Waals surface area contributed by atoms with Crippen molar-refractivity contribution in [2.24, 2.45) is 0 Å². The van der Waals surface area contributed by atoms with Crippen LogP contribution in [0.5, 0.6) is 5.75 Å². The summed E-state index contributed by atoms with van der Waals surface area (Å²) in [6.45, 7) is 7.43. The topological polar surface area (TPSA) is 84.7 Å². The predicted octanol–water partition coefficient (Wildman–Crippen LogP) is 4.41. The van der Waals surface area contributed by atoms with E-state index < -0.39 is 16.1 Å². The molecule has 0 saturated heterocycles. The van der Waals surface area contributed by atoms with Gasteiger partial charge in [-0.3, -0.25) is 14.9 Å². The van der Waals surface area contributed by atoms with Gasteiger partial charge in [-0.1, -0.05) is 25.1 Å². The zero-order valence-electron chi connectivity index (χ0n) is 18.1. The molecule has 1 spiro atoms. The van der Waals surface area contributed by atoms with Gasteiger partial charge in [-0.15, -0.1) is 0 Å². The third-order valence-corrected chi connectivity index (χ3v) is 6.26. The molecule has 1 unspecified atom stereocenters. The molecule has 4 rings (SSSR count). The lowest BCUT2D eigenvalue weighted by Gasteiger charge is -2.47. The second kappa shape index (κ2) is 7.72. The zero-order valence-corrected chi connectivity index (χ0v) is 18.1. The number of nitro groups is 1. The van der Waals surface area contributed by atoms with Crippen LogP contribution in [0.4, 0.5) is 11.4 Å². The largest absolute Gasteiger partial charge is 0.463 e. The summed E-state index contributed by atoms with van der Waals surface area (Å²) in [5.41, 5.74) is 1.61. The number of para-hydroxylation sites is 1. The number of fused-ring (bicyclic) bond motifs is 2. The standard InChI is InChI=1S/C24H27N3O4/c1-4-14-25-22(28)12-15-26-20-8-6-5-7-19(20)23(2,3)24(26)13-11-17-16-18(27(29)30)9-10-21(17)31-24/h5-11,13,16H,4,12,14-15H2,1-3H3,(H,25,28). The number of rotatable bonds is 6. The molecule has 0 saturated carbocycles. The minimum absolute atomic E-state index is 0.00926. The summed E-state index contributed by atoms with van der Waals surface area (Å²) in [5.74, 6) is 0.601. The van der Waals surface area contributed by atoms with Gasteiger partial charge in [0.25, 0.3) is 5.69 Å². The van der Waals surface area contributed by atoms with Crippen LogP contribution in [0.1, 0.15) is 44.7 Å². The van der Waals surface area contributed by atoms with E-state index in [0.29, 0.717) is 30.8 Å². The van der Waals surface area contributed by atoms with Gasteiger partial charge in [0.05, 0.1) is 10.3 Å². The first-order valence-electron chi connectivity index (χ1n) is 10.6. The quantitative estimate of drug-likeness (QED) is 0.552. The zero-order chi connectivity index (χ0) is 22.2. The summed E-state index contributed by atoms with van der Waals surface area (Å²) >= 11 is 0. The van der Waals surface area contributed by atoms with Crippen molar-refractivity contribution < 1.29 is 14.5 Å². The number of anilines is 1. The summed E-state index contributed by atoms with van der Waals surface area (Å²) in [4.78, 5) is 25.2. The van der Waals surface area contributed by atoms with Gasteiger partial charge in [-0.2, -0.15) is 0 Å². The Morgan fingerprint density at radius 1 is 1.23 bits per heavy atom. The molecule has 0 bridgehead atoms. The fourth-order valence-electron chi connectivity index (χ4n) is 4.56. The number of carbonyl (C=O) groups excluding carboxylic acids is 1. The summed E-state index contributed by atoms with van der Waals surface area (Å²) in [6.07, 6.45) is 5.10. The normalized spacial score (nSPS) is 20.2. The molecule has 2 heterocycles. The number of nitrogens with one attached hydrogen (secondary N) is 1. The van der Waals surface area contributed by atoms with Gasteiger partial charge in [0.1, 0.15) is 5.75 Å². The lowest BCUT2D eigenvalue weighted by molar-refractivity contribution is -0.384. The Morgan fingerprint density at radius 3 is 2.74 bits per heavy atom. The Balaban J connectivity index is 1.73. The number of non-ortho nitro benzene ring substituents is 1. The first-order chi connectivity index (χ1) is 14.8. The maximum Gasteiger partial charge on any atom is 0.270 e. The van der Waals surface area contributed by atoms with Crippen LogP contribution in [0.3, 0.4) is 0 Å². The fourth-order valence-corrected chi connectivity index (χ4v) is 4.56. The Bertz CT molecular complexity index is 1060. The van der Waals surface area contributed by atoms with Crippen molar-refractivity contribution in [1.29, 1.82) is 0 Å².